The average Bonchev–Trinajstić information content (AvgIpc) is 2.50. The fourth-order valence-corrected chi connectivity index (χ4v) is 2.72. The normalized spacial score (nSPS) is 11.9. The highest BCUT2D eigenvalue weighted by molar-refractivity contribution is 5.20. The van der Waals surface area contributed by atoms with E-state index in [0.29, 0.717) is 5.41 Å². The minimum absolute atomic E-state index is 0.426. The molecular formula is C19H33NO. The Bertz CT molecular complexity index is 357. The predicted molar refractivity (Wildman–Crippen MR) is 91.9 cm³/mol. The van der Waals surface area contributed by atoms with Gasteiger partial charge in [-0.3, -0.25) is 0 Å². The Hall–Kier alpha value is -1.02. The summed E-state index contributed by atoms with van der Waals surface area (Å²) in [5.74, 6) is 1.70. The molecule has 2 nitrogen and oxygen atoms in total. The molecule has 0 atom stereocenters. The summed E-state index contributed by atoms with van der Waals surface area (Å²) in [5, 5.41) is 3.65. The summed E-state index contributed by atoms with van der Waals surface area (Å²) in [4.78, 5) is 0. The first-order chi connectivity index (χ1) is 10.1. The molecule has 1 N–H and O–H groups in total. The third kappa shape index (κ3) is 6.99. The van der Waals surface area contributed by atoms with Crippen LogP contribution in [0.1, 0.15) is 53.4 Å². The Morgan fingerprint density at radius 3 is 2.33 bits per heavy atom. The predicted octanol–water partition coefficient (Wildman–Crippen LogP) is 4.90. The monoisotopic (exact) mass is 291 g/mol. The van der Waals surface area contributed by atoms with Gasteiger partial charge in [-0.05, 0) is 55.7 Å². The molecule has 0 radical (unpaired) electrons. The van der Waals surface area contributed by atoms with Crippen LogP contribution in [-0.2, 0) is 0 Å². The number of rotatable bonds is 11. The van der Waals surface area contributed by atoms with Crippen LogP contribution in [0.15, 0.2) is 30.3 Å². The standard InChI is InChI=1S/C19H33NO/c1-5-19(6-2,16-20-15-17(3)4)13-10-14-21-18-11-8-7-9-12-18/h7-9,11-12,17,20H,5-6,10,13-16H2,1-4H3. The Morgan fingerprint density at radius 1 is 1.10 bits per heavy atom. The first-order valence-electron chi connectivity index (χ1n) is 8.50. The number of ether oxygens (including phenoxy) is 1. The van der Waals surface area contributed by atoms with Gasteiger partial charge in [0.2, 0.25) is 0 Å². The first kappa shape index (κ1) is 18.0. The van der Waals surface area contributed by atoms with Crippen LogP contribution in [0, 0.1) is 11.3 Å². The molecule has 0 unspecified atom stereocenters. The molecular weight excluding hydrogens is 258 g/mol. The molecule has 1 rings (SSSR count). The highest BCUT2D eigenvalue weighted by Gasteiger charge is 2.25. The lowest BCUT2D eigenvalue weighted by molar-refractivity contribution is 0.197. The summed E-state index contributed by atoms with van der Waals surface area (Å²) < 4.78 is 5.81. The fourth-order valence-electron chi connectivity index (χ4n) is 2.72. The molecule has 0 fully saturated rings. The van der Waals surface area contributed by atoms with Crippen LogP contribution in [0.5, 0.6) is 5.75 Å². The van der Waals surface area contributed by atoms with Crippen molar-refractivity contribution in [3.8, 4) is 5.75 Å². The van der Waals surface area contributed by atoms with Crippen molar-refractivity contribution in [2.24, 2.45) is 11.3 Å². The maximum Gasteiger partial charge on any atom is 0.119 e. The van der Waals surface area contributed by atoms with Gasteiger partial charge in [-0.15, -0.1) is 0 Å². The van der Waals surface area contributed by atoms with Crippen LogP contribution in [0.4, 0.5) is 0 Å². The lowest BCUT2D eigenvalue weighted by Crippen LogP contribution is -2.35. The minimum Gasteiger partial charge on any atom is -0.494 e. The molecule has 1 aromatic carbocycles. The van der Waals surface area contributed by atoms with E-state index < -0.39 is 0 Å². The van der Waals surface area contributed by atoms with Crippen LogP contribution < -0.4 is 10.1 Å². The summed E-state index contributed by atoms with van der Waals surface area (Å²) in [7, 11) is 0. The molecule has 120 valence electrons. The SMILES string of the molecule is CCC(CC)(CCCOc1ccccc1)CNCC(C)C. The van der Waals surface area contributed by atoms with Gasteiger partial charge in [0.25, 0.3) is 0 Å². The van der Waals surface area contributed by atoms with Gasteiger partial charge in [0.05, 0.1) is 6.61 Å². The van der Waals surface area contributed by atoms with Crippen LogP contribution in [0.2, 0.25) is 0 Å². The fraction of sp³-hybridized carbons (Fsp3) is 0.684. The third-order valence-corrected chi connectivity index (χ3v) is 4.42. The van der Waals surface area contributed by atoms with Crippen molar-refractivity contribution in [1.29, 1.82) is 0 Å². The highest BCUT2D eigenvalue weighted by atomic mass is 16.5. The molecule has 2 heteroatoms. The number of hydrogen-bond donors (Lipinski definition) is 1. The molecule has 0 spiro atoms. The Morgan fingerprint density at radius 2 is 1.76 bits per heavy atom. The zero-order chi connectivity index (χ0) is 15.6. The molecule has 0 aliphatic carbocycles. The second kappa shape index (κ2) is 9.83. The number of benzene rings is 1. The van der Waals surface area contributed by atoms with E-state index in [1.54, 1.807) is 0 Å². The van der Waals surface area contributed by atoms with E-state index in [0.717, 1.165) is 37.8 Å². The molecule has 0 bridgehead atoms. The van der Waals surface area contributed by atoms with Crippen molar-refractivity contribution in [3.63, 3.8) is 0 Å². The number of hydrogen-bond acceptors (Lipinski definition) is 2. The minimum atomic E-state index is 0.426. The molecule has 1 aromatic rings. The Labute approximate surface area is 131 Å². The molecule has 0 aromatic heterocycles. The third-order valence-electron chi connectivity index (χ3n) is 4.42. The number of para-hydroxylation sites is 1. The van der Waals surface area contributed by atoms with E-state index in [1.807, 2.05) is 30.3 Å². The smallest absolute Gasteiger partial charge is 0.119 e. The Balaban J connectivity index is 2.32. The van der Waals surface area contributed by atoms with Gasteiger partial charge >= 0.3 is 0 Å². The average molecular weight is 291 g/mol. The largest absolute Gasteiger partial charge is 0.494 e. The lowest BCUT2D eigenvalue weighted by Gasteiger charge is -2.32. The second-order valence-electron chi connectivity index (χ2n) is 6.50. The van der Waals surface area contributed by atoms with Gasteiger partial charge in [0.1, 0.15) is 5.75 Å². The summed E-state index contributed by atoms with van der Waals surface area (Å²) in [6, 6.07) is 10.1. The van der Waals surface area contributed by atoms with E-state index in [9.17, 15) is 0 Å². The maximum atomic E-state index is 5.81. The quantitative estimate of drug-likeness (QED) is 0.586. The van der Waals surface area contributed by atoms with Crippen LogP contribution in [0.3, 0.4) is 0 Å². The van der Waals surface area contributed by atoms with Gasteiger partial charge in [0, 0.05) is 6.54 Å². The van der Waals surface area contributed by atoms with Crippen LogP contribution in [0.25, 0.3) is 0 Å². The molecule has 0 aliphatic heterocycles. The van der Waals surface area contributed by atoms with Crippen molar-refractivity contribution in [3.05, 3.63) is 30.3 Å². The molecule has 0 saturated heterocycles. The van der Waals surface area contributed by atoms with Gasteiger partial charge < -0.3 is 10.1 Å². The van der Waals surface area contributed by atoms with Gasteiger partial charge in [-0.1, -0.05) is 45.9 Å². The van der Waals surface area contributed by atoms with Crippen LogP contribution in [-0.4, -0.2) is 19.7 Å². The maximum absolute atomic E-state index is 5.81. The summed E-state index contributed by atoms with van der Waals surface area (Å²) >= 11 is 0. The van der Waals surface area contributed by atoms with E-state index >= 15 is 0 Å². The molecule has 0 heterocycles. The van der Waals surface area contributed by atoms with E-state index in [2.05, 4.69) is 33.0 Å². The van der Waals surface area contributed by atoms with Gasteiger partial charge in [-0.2, -0.15) is 0 Å². The van der Waals surface area contributed by atoms with Crippen molar-refractivity contribution >= 4 is 0 Å². The van der Waals surface area contributed by atoms with Crippen molar-refractivity contribution in [2.45, 2.75) is 53.4 Å². The van der Waals surface area contributed by atoms with Crippen LogP contribution >= 0.6 is 0 Å². The van der Waals surface area contributed by atoms with E-state index in [-0.39, 0.29) is 0 Å². The lowest BCUT2D eigenvalue weighted by atomic mass is 9.78. The molecule has 0 aliphatic rings. The van der Waals surface area contributed by atoms with Gasteiger partial charge in [-0.25, -0.2) is 0 Å². The second-order valence-corrected chi connectivity index (χ2v) is 6.50. The van der Waals surface area contributed by atoms with E-state index in [4.69, 9.17) is 4.74 Å². The van der Waals surface area contributed by atoms with E-state index in [1.165, 1.54) is 19.3 Å². The highest BCUT2D eigenvalue weighted by Crippen LogP contribution is 2.31. The zero-order valence-corrected chi connectivity index (χ0v) is 14.3. The first-order valence-corrected chi connectivity index (χ1v) is 8.50. The zero-order valence-electron chi connectivity index (χ0n) is 14.3. The molecule has 21 heavy (non-hydrogen) atoms. The summed E-state index contributed by atoms with van der Waals surface area (Å²) in [5.41, 5.74) is 0.426. The van der Waals surface area contributed by atoms with Crippen molar-refractivity contribution in [1.82, 2.24) is 5.32 Å². The van der Waals surface area contributed by atoms with Crippen molar-refractivity contribution < 1.29 is 4.74 Å². The molecule has 0 amide bonds. The summed E-state index contributed by atoms with van der Waals surface area (Å²) in [6.45, 7) is 12.2. The Kier molecular flexibility index (Phi) is 8.44. The van der Waals surface area contributed by atoms with Gasteiger partial charge in [0.15, 0.2) is 0 Å². The molecule has 0 saturated carbocycles. The van der Waals surface area contributed by atoms with Crippen molar-refractivity contribution in [2.75, 3.05) is 19.7 Å². The summed E-state index contributed by atoms with van der Waals surface area (Å²) in [6.07, 6.45) is 4.83. The number of nitrogens with one attached hydrogen (secondary N) is 1. The topological polar surface area (TPSA) is 21.3 Å².